The molecule has 5 N–H and O–H groups in total. The van der Waals surface area contributed by atoms with Crippen LogP contribution in [-0.4, -0.2) is 54.1 Å². The lowest BCUT2D eigenvalue weighted by Crippen LogP contribution is -2.23. The van der Waals surface area contributed by atoms with Crippen molar-refractivity contribution >= 4 is 46.6 Å². The van der Waals surface area contributed by atoms with E-state index in [-0.39, 0.29) is 11.9 Å². The first-order valence-electron chi connectivity index (χ1n) is 13.1. The zero-order valence-corrected chi connectivity index (χ0v) is 23.8. The van der Waals surface area contributed by atoms with E-state index >= 15 is 0 Å². The molecule has 0 radical (unpaired) electrons. The SMILES string of the molecule is CN/C(C)=C\C(N)=N/c1ncc(C)c(-c2c[nH]c3c(N4Cc5c(/C=C/C=O)cccc5C4=O)cccc23)n1.CNC. The lowest BCUT2D eigenvalue weighted by atomic mass is 10.0. The van der Waals surface area contributed by atoms with Gasteiger partial charge in [-0.25, -0.2) is 9.97 Å². The molecule has 0 saturated heterocycles. The molecular weight excluding hydrogens is 516 g/mol. The summed E-state index contributed by atoms with van der Waals surface area (Å²) in [5.74, 6) is 0.470. The summed E-state index contributed by atoms with van der Waals surface area (Å²) >= 11 is 0. The average Bonchev–Trinajstić information content (AvgIpc) is 3.55. The van der Waals surface area contributed by atoms with Gasteiger partial charge in [0.2, 0.25) is 0 Å². The smallest absolute Gasteiger partial charge is 0.259 e. The van der Waals surface area contributed by atoms with Gasteiger partial charge >= 0.3 is 0 Å². The van der Waals surface area contributed by atoms with Gasteiger partial charge in [-0.3, -0.25) is 9.59 Å². The maximum absolute atomic E-state index is 13.4. The number of nitrogens with zero attached hydrogens (tertiary/aromatic N) is 4. The number of nitrogens with one attached hydrogen (secondary N) is 3. The van der Waals surface area contributed by atoms with Crippen LogP contribution in [0.2, 0.25) is 0 Å². The summed E-state index contributed by atoms with van der Waals surface area (Å²) in [6, 6.07) is 11.4. The number of carbonyl (C=O) groups excluding carboxylic acids is 2. The molecule has 2 aromatic heterocycles. The number of allylic oxidation sites excluding steroid dienone is 2. The largest absolute Gasteiger partial charge is 0.392 e. The molecule has 10 nitrogen and oxygen atoms in total. The molecule has 1 aliphatic heterocycles. The highest BCUT2D eigenvalue weighted by atomic mass is 16.2. The third kappa shape index (κ3) is 6.07. The molecular formula is C31H34N8O2. The van der Waals surface area contributed by atoms with Crippen LogP contribution in [0.4, 0.5) is 11.6 Å². The summed E-state index contributed by atoms with van der Waals surface area (Å²) in [4.78, 5) is 42.7. The number of aryl methyl sites for hydroxylation is 1. The summed E-state index contributed by atoms with van der Waals surface area (Å²) in [5.41, 5.74) is 13.4. The van der Waals surface area contributed by atoms with Crippen molar-refractivity contribution in [1.82, 2.24) is 25.6 Å². The van der Waals surface area contributed by atoms with Crippen LogP contribution in [0.15, 0.2) is 71.6 Å². The number of hydrogen-bond donors (Lipinski definition) is 4. The van der Waals surface area contributed by atoms with Gasteiger partial charge in [0.05, 0.1) is 23.4 Å². The molecule has 0 bridgehead atoms. The first-order valence-corrected chi connectivity index (χ1v) is 13.1. The number of amides is 1. The maximum atomic E-state index is 13.4. The molecule has 10 heteroatoms. The van der Waals surface area contributed by atoms with E-state index in [1.165, 1.54) is 6.08 Å². The fourth-order valence-corrected chi connectivity index (χ4v) is 4.61. The molecule has 4 aromatic rings. The molecule has 5 rings (SSSR count). The Bertz CT molecular complexity index is 1680. The number of nitrogens with two attached hydrogens (primary N) is 1. The van der Waals surface area contributed by atoms with Crippen molar-refractivity contribution < 1.29 is 9.59 Å². The molecule has 1 amide bonds. The molecule has 3 heterocycles. The second-order valence-corrected chi connectivity index (χ2v) is 9.48. The first-order chi connectivity index (χ1) is 19.8. The minimum Gasteiger partial charge on any atom is -0.392 e. The third-order valence-electron chi connectivity index (χ3n) is 6.54. The van der Waals surface area contributed by atoms with E-state index in [1.54, 1.807) is 23.2 Å². The van der Waals surface area contributed by atoms with Crippen LogP contribution in [0.25, 0.3) is 28.2 Å². The number of aromatic amines is 1. The van der Waals surface area contributed by atoms with Crippen LogP contribution in [0.5, 0.6) is 0 Å². The van der Waals surface area contributed by atoms with Crippen LogP contribution < -0.4 is 21.3 Å². The fraction of sp³-hybridized carbons (Fsp3) is 0.194. The lowest BCUT2D eigenvalue weighted by Gasteiger charge is -2.17. The van der Waals surface area contributed by atoms with E-state index < -0.39 is 0 Å². The summed E-state index contributed by atoms with van der Waals surface area (Å²) in [6.07, 6.45) is 9.23. The highest BCUT2D eigenvalue weighted by molar-refractivity contribution is 6.15. The van der Waals surface area contributed by atoms with Crippen molar-refractivity contribution in [3.63, 3.8) is 0 Å². The van der Waals surface area contributed by atoms with Crippen molar-refractivity contribution in [2.45, 2.75) is 20.4 Å². The summed E-state index contributed by atoms with van der Waals surface area (Å²) in [7, 11) is 5.56. The van der Waals surface area contributed by atoms with Gasteiger partial charge in [0, 0.05) is 41.7 Å². The van der Waals surface area contributed by atoms with Gasteiger partial charge in [0.1, 0.15) is 12.1 Å². The zero-order valence-electron chi connectivity index (χ0n) is 23.8. The van der Waals surface area contributed by atoms with Crippen molar-refractivity contribution in [1.29, 1.82) is 0 Å². The minimum absolute atomic E-state index is 0.0831. The number of anilines is 1. The van der Waals surface area contributed by atoms with Gasteiger partial charge < -0.3 is 26.3 Å². The van der Waals surface area contributed by atoms with Gasteiger partial charge in [-0.1, -0.05) is 30.3 Å². The van der Waals surface area contributed by atoms with E-state index in [1.807, 2.05) is 77.6 Å². The Hall–Kier alpha value is -5.09. The molecule has 0 spiro atoms. The number of aldehydes is 1. The predicted octanol–water partition coefficient (Wildman–Crippen LogP) is 4.25. The Morgan fingerprint density at radius 1 is 1.15 bits per heavy atom. The van der Waals surface area contributed by atoms with E-state index in [0.29, 0.717) is 17.9 Å². The van der Waals surface area contributed by atoms with Gasteiger partial charge in [-0.05, 0) is 68.9 Å². The highest BCUT2D eigenvalue weighted by Crippen LogP contribution is 2.38. The van der Waals surface area contributed by atoms with Crippen molar-refractivity contribution in [2.24, 2.45) is 10.7 Å². The van der Waals surface area contributed by atoms with Crippen LogP contribution in [-0.2, 0) is 11.3 Å². The molecule has 0 atom stereocenters. The minimum atomic E-state index is -0.0831. The quantitative estimate of drug-likeness (QED) is 0.117. The second kappa shape index (κ2) is 12.8. The maximum Gasteiger partial charge on any atom is 0.259 e. The number of H-pyrrole nitrogens is 1. The number of benzene rings is 2. The molecule has 0 saturated carbocycles. The third-order valence-corrected chi connectivity index (χ3v) is 6.54. The van der Waals surface area contributed by atoms with Gasteiger partial charge in [0.15, 0.2) is 0 Å². The van der Waals surface area contributed by atoms with Crippen LogP contribution in [0.1, 0.15) is 34.0 Å². The Kier molecular flexibility index (Phi) is 9.05. The second-order valence-electron chi connectivity index (χ2n) is 9.48. The summed E-state index contributed by atoms with van der Waals surface area (Å²) in [5, 5.41) is 6.67. The number of carbonyl (C=O) groups is 2. The van der Waals surface area contributed by atoms with Gasteiger partial charge in [-0.2, -0.15) is 4.99 Å². The Labute approximate surface area is 239 Å². The highest BCUT2D eigenvalue weighted by Gasteiger charge is 2.31. The molecule has 0 unspecified atom stereocenters. The molecule has 41 heavy (non-hydrogen) atoms. The van der Waals surface area contributed by atoms with E-state index in [2.05, 4.69) is 30.6 Å². The number of aromatic nitrogens is 3. The number of rotatable bonds is 7. The number of para-hydroxylation sites is 1. The Morgan fingerprint density at radius 2 is 1.90 bits per heavy atom. The molecule has 0 fully saturated rings. The Balaban J connectivity index is 0.00000124. The average molecular weight is 551 g/mol. The number of aliphatic imine (C=N–C) groups is 1. The summed E-state index contributed by atoms with van der Waals surface area (Å²) < 4.78 is 0. The molecule has 210 valence electrons. The van der Waals surface area contributed by atoms with Gasteiger partial charge in [0.25, 0.3) is 11.9 Å². The van der Waals surface area contributed by atoms with Crippen LogP contribution >= 0.6 is 0 Å². The predicted molar refractivity (Wildman–Crippen MR) is 165 cm³/mol. The van der Waals surface area contributed by atoms with Crippen LogP contribution in [0, 0.1) is 6.92 Å². The number of fused-ring (bicyclic) bond motifs is 2. The first kappa shape index (κ1) is 28.9. The fourth-order valence-electron chi connectivity index (χ4n) is 4.61. The van der Waals surface area contributed by atoms with Crippen molar-refractivity contribution in [3.8, 4) is 11.3 Å². The van der Waals surface area contributed by atoms with E-state index in [4.69, 9.17) is 5.73 Å². The number of amidine groups is 1. The summed E-state index contributed by atoms with van der Waals surface area (Å²) in [6.45, 7) is 4.24. The molecule has 1 aliphatic rings. The lowest BCUT2D eigenvalue weighted by molar-refractivity contribution is -0.104. The van der Waals surface area contributed by atoms with Gasteiger partial charge in [-0.15, -0.1) is 0 Å². The topological polar surface area (TPSA) is 141 Å². The van der Waals surface area contributed by atoms with Crippen LogP contribution in [0.3, 0.4) is 0 Å². The normalized spacial score (nSPS) is 13.4. The molecule has 0 aliphatic carbocycles. The number of hydrogen-bond acceptors (Lipinski definition) is 7. The standard InChI is InChI=1S/C29H27N7O2.C2H7N/c1-17-14-33-29(34-25(30)13-18(2)31-3)35-26(17)22-15-32-27-20(22)9-5-11-24(27)36-16-23-19(8-6-12-37)7-4-10-21(23)28(36)38;1-3-2/h4-15,31-32H,16H2,1-3H3,(H2,30,33,34,35);3H,1-2H3/b8-6+,18-13-;. The van der Waals surface area contributed by atoms with E-state index in [0.717, 1.165) is 56.5 Å². The van der Waals surface area contributed by atoms with E-state index in [9.17, 15) is 9.59 Å². The van der Waals surface area contributed by atoms with Crippen molar-refractivity contribution in [3.05, 3.63) is 88.9 Å². The Morgan fingerprint density at radius 3 is 2.63 bits per heavy atom. The monoisotopic (exact) mass is 550 g/mol. The zero-order chi connectivity index (χ0) is 29.5. The molecule has 2 aromatic carbocycles. The van der Waals surface area contributed by atoms with Crippen molar-refractivity contribution in [2.75, 3.05) is 26.0 Å².